The van der Waals surface area contributed by atoms with Crippen molar-refractivity contribution in [3.8, 4) is 11.8 Å². The number of carbonyl (C=O) groups is 2. The number of carbonyl (C=O) groups excluding carboxylic acids is 2. The van der Waals surface area contributed by atoms with Crippen LogP contribution in [-0.2, 0) is 4.79 Å². The zero-order valence-electron chi connectivity index (χ0n) is 17.5. The van der Waals surface area contributed by atoms with E-state index in [1.807, 2.05) is 43.3 Å². The monoisotopic (exact) mass is 447 g/mol. The van der Waals surface area contributed by atoms with E-state index in [0.717, 1.165) is 5.56 Å². The molecule has 0 heterocycles. The van der Waals surface area contributed by atoms with Crippen LogP contribution in [0.3, 0.4) is 0 Å². The number of nitriles is 1. The van der Waals surface area contributed by atoms with Crippen LogP contribution in [0, 0.1) is 11.3 Å². The Balaban J connectivity index is 1.81. The fourth-order valence-corrected chi connectivity index (χ4v) is 3.41. The lowest BCUT2D eigenvalue weighted by Gasteiger charge is -2.20. The van der Waals surface area contributed by atoms with E-state index in [1.54, 1.807) is 42.5 Å². The number of nitrogens with zero attached hydrogens (tertiary/aromatic N) is 1. The van der Waals surface area contributed by atoms with Crippen LogP contribution in [0.5, 0.6) is 5.75 Å². The van der Waals surface area contributed by atoms with Gasteiger partial charge in [-0.1, -0.05) is 54.1 Å². The molecule has 0 bridgehead atoms. The van der Waals surface area contributed by atoms with E-state index in [-0.39, 0.29) is 18.2 Å². The number of amides is 2. The number of anilines is 1. The zero-order valence-corrected chi connectivity index (χ0v) is 18.2. The van der Waals surface area contributed by atoms with Gasteiger partial charge in [-0.25, -0.2) is 0 Å². The summed E-state index contributed by atoms with van der Waals surface area (Å²) in [6.45, 7) is 2.24. The Morgan fingerprint density at radius 2 is 1.78 bits per heavy atom. The number of ether oxygens (including phenoxy) is 1. The second kappa shape index (κ2) is 11.0. The van der Waals surface area contributed by atoms with Gasteiger partial charge in [0.2, 0.25) is 5.91 Å². The van der Waals surface area contributed by atoms with E-state index in [4.69, 9.17) is 16.3 Å². The molecule has 1 unspecified atom stereocenters. The molecule has 0 radical (unpaired) electrons. The number of nitrogens with one attached hydrogen (secondary N) is 2. The Hall–Kier alpha value is -3.82. The summed E-state index contributed by atoms with van der Waals surface area (Å²) in [4.78, 5) is 25.7. The van der Waals surface area contributed by atoms with Gasteiger partial charge in [-0.2, -0.15) is 5.26 Å². The highest BCUT2D eigenvalue weighted by Gasteiger charge is 2.21. The molecule has 0 fully saturated rings. The molecule has 0 saturated heterocycles. The SMILES string of the molecule is CCOc1ccc(C#N)cc1NC(=O)CC(NC(=O)c1ccccc1Cl)c1ccccc1. The van der Waals surface area contributed by atoms with Crippen LogP contribution in [-0.4, -0.2) is 18.4 Å². The summed E-state index contributed by atoms with van der Waals surface area (Å²) in [6, 6.07) is 22.2. The van der Waals surface area contributed by atoms with Crippen molar-refractivity contribution in [2.45, 2.75) is 19.4 Å². The van der Waals surface area contributed by atoms with Gasteiger partial charge in [0, 0.05) is 0 Å². The molecule has 0 spiro atoms. The van der Waals surface area contributed by atoms with Crippen molar-refractivity contribution < 1.29 is 14.3 Å². The molecule has 0 aliphatic carbocycles. The van der Waals surface area contributed by atoms with Crippen LogP contribution in [0.2, 0.25) is 5.02 Å². The summed E-state index contributed by atoms with van der Waals surface area (Å²) in [5.41, 5.74) is 1.91. The minimum absolute atomic E-state index is 0.0252. The quantitative estimate of drug-likeness (QED) is 0.502. The van der Waals surface area contributed by atoms with Crippen molar-refractivity contribution in [1.29, 1.82) is 5.26 Å². The van der Waals surface area contributed by atoms with E-state index in [1.165, 1.54) is 0 Å². The minimum atomic E-state index is -0.588. The highest BCUT2D eigenvalue weighted by atomic mass is 35.5. The Morgan fingerprint density at radius 3 is 2.47 bits per heavy atom. The highest BCUT2D eigenvalue weighted by molar-refractivity contribution is 6.33. The van der Waals surface area contributed by atoms with E-state index < -0.39 is 6.04 Å². The van der Waals surface area contributed by atoms with Crippen molar-refractivity contribution in [2.24, 2.45) is 0 Å². The van der Waals surface area contributed by atoms with Gasteiger partial charge in [0.05, 0.1) is 47.0 Å². The van der Waals surface area contributed by atoms with E-state index in [9.17, 15) is 14.9 Å². The average Bonchev–Trinajstić information content (AvgIpc) is 2.80. The number of rotatable bonds is 8. The first-order valence-corrected chi connectivity index (χ1v) is 10.5. The Labute approximate surface area is 191 Å². The Morgan fingerprint density at radius 1 is 1.06 bits per heavy atom. The normalized spacial score (nSPS) is 11.2. The summed E-state index contributed by atoms with van der Waals surface area (Å²) in [5.74, 6) is -0.246. The lowest BCUT2D eigenvalue weighted by molar-refractivity contribution is -0.116. The van der Waals surface area contributed by atoms with Gasteiger partial charge in [-0.05, 0) is 42.8 Å². The van der Waals surface area contributed by atoms with E-state index >= 15 is 0 Å². The molecule has 0 aliphatic heterocycles. The number of hydrogen-bond donors (Lipinski definition) is 2. The summed E-state index contributed by atoms with van der Waals surface area (Å²) in [6.07, 6.45) is -0.0252. The first-order chi connectivity index (χ1) is 15.5. The van der Waals surface area contributed by atoms with Crippen LogP contribution < -0.4 is 15.4 Å². The van der Waals surface area contributed by atoms with Crippen LogP contribution in [0.4, 0.5) is 5.69 Å². The summed E-state index contributed by atoms with van der Waals surface area (Å²) in [5, 5.41) is 15.2. The van der Waals surface area contributed by atoms with E-state index in [2.05, 4.69) is 10.6 Å². The second-order valence-corrected chi connectivity index (χ2v) is 7.33. The number of hydrogen-bond acceptors (Lipinski definition) is 4. The summed E-state index contributed by atoms with van der Waals surface area (Å²) >= 11 is 6.16. The molecule has 0 saturated carbocycles. The molecule has 3 aromatic carbocycles. The fourth-order valence-electron chi connectivity index (χ4n) is 3.18. The predicted octanol–water partition coefficient (Wildman–Crippen LogP) is 5.11. The third kappa shape index (κ3) is 5.87. The van der Waals surface area contributed by atoms with E-state index in [0.29, 0.717) is 34.2 Å². The standard InChI is InChI=1S/C25H22ClN3O3/c1-2-32-23-13-12-17(16-27)14-22(23)28-24(30)15-21(18-8-4-3-5-9-18)29-25(31)19-10-6-7-11-20(19)26/h3-14,21H,2,15H2,1H3,(H,28,30)(H,29,31). The predicted molar refractivity (Wildman–Crippen MR) is 124 cm³/mol. The molecule has 0 aliphatic rings. The van der Waals surface area contributed by atoms with Gasteiger partial charge >= 0.3 is 0 Å². The van der Waals surface area contributed by atoms with Gasteiger partial charge in [-0.3, -0.25) is 9.59 Å². The molecule has 7 heteroatoms. The summed E-state index contributed by atoms with van der Waals surface area (Å²) < 4.78 is 5.55. The summed E-state index contributed by atoms with van der Waals surface area (Å²) in [7, 11) is 0. The molecule has 6 nitrogen and oxygen atoms in total. The Bertz CT molecular complexity index is 1140. The number of halogens is 1. The number of benzene rings is 3. The lowest BCUT2D eigenvalue weighted by atomic mass is 10.0. The van der Waals surface area contributed by atoms with Gasteiger partial charge in [-0.15, -0.1) is 0 Å². The first kappa shape index (κ1) is 22.9. The first-order valence-electron chi connectivity index (χ1n) is 10.1. The topological polar surface area (TPSA) is 91.2 Å². The molecule has 1 atom stereocenters. The smallest absolute Gasteiger partial charge is 0.253 e. The molecule has 3 rings (SSSR count). The van der Waals surface area contributed by atoms with Crippen LogP contribution in [0.15, 0.2) is 72.8 Å². The molecule has 0 aromatic heterocycles. The second-order valence-electron chi connectivity index (χ2n) is 6.92. The molecule has 2 N–H and O–H groups in total. The maximum Gasteiger partial charge on any atom is 0.253 e. The third-order valence-electron chi connectivity index (χ3n) is 4.70. The molecule has 32 heavy (non-hydrogen) atoms. The Kier molecular flexibility index (Phi) is 7.85. The van der Waals surface area contributed by atoms with Crippen molar-refractivity contribution in [1.82, 2.24) is 5.32 Å². The van der Waals surface area contributed by atoms with Gasteiger partial charge in [0.25, 0.3) is 5.91 Å². The maximum atomic E-state index is 12.9. The average molecular weight is 448 g/mol. The fraction of sp³-hybridized carbons (Fsp3) is 0.160. The van der Waals surface area contributed by atoms with Crippen molar-refractivity contribution >= 4 is 29.1 Å². The largest absolute Gasteiger partial charge is 0.492 e. The van der Waals surface area contributed by atoms with Gasteiger partial charge in [0.15, 0.2) is 0 Å². The van der Waals surface area contributed by atoms with Crippen molar-refractivity contribution in [2.75, 3.05) is 11.9 Å². The van der Waals surface area contributed by atoms with Crippen molar-refractivity contribution in [3.05, 3.63) is 94.5 Å². The minimum Gasteiger partial charge on any atom is -0.492 e. The van der Waals surface area contributed by atoms with Gasteiger partial charge < -0.3 is 15.4 Å². The van der Waals surface area contributed by atoms with Crippen LogP contribution in [0.1, 0.15) is 40.9 Å². The lowest BCUT2D eigenvalue weighted by Crippen LogP contribution is -2.31. The molecule has 3 aromatic rings. The maximum absolute atomic E-state index is 12.9. The highest BCUT2D eigenvalue weighted by Crippen LogP contribution is 2.27. The van der Waals surface area contributed by atoms with Crippen LogP contribution in [0.25, 0.3) is 0 Å². The van der Waals surface area contributed by atoms with Crippen LogP contribution >= 0.6 is 11.6 Å². The molecule has 2 amide bonds. The third-order valence-corrected chi connectivity index (χ3v) is 5.03. The van der Waals surface area contributed by atoms with Gasteiger partial charge in [0.1, 0.15) is 5.75 Å². The molecular weight excluding hydrogens is 426 g/mol. The molecule has 162 valence electrons. The zero-order chi connectivity index (χ0) is 22.9. The molecular formula is C25H22ClN3O3. The van der Waals surface area contributed by atoms with Crippen molar-refractivity contribution in [3.63, 3.8) is 0 Å².